The summed E-state index contributed by atoms with van der Waals surface area (Å²) in [6.07, 6.45) is 7.13. The van der Waals surface area contributed by atoms with Crippen LogP contribution >= 0.6 is 0 Å². The molecule has 1 N–H and O–H groups in total. The minimum Gasteiger partial charge on any atom is -0.376 e. The van der Waals surface area contributed by atoms with E-state index in [0.29, 0.717) is 6.10 Å². The molecule has 1 aromatic rings. The first-order chi connectivity index (χ1) is 13.7. The quantitative estimate of drug-likeness (QED) is 0.620. The minimum absolute atomic E-state index is 0.105. The van der Waals surface area contributed by atoms with Crippen LogP contribution < -0.4 is 5.32 Å². The maximum atomic E-state index is 14.0. The predicted octanol–water partition coefficient (Wildman–Crippen LogP) is 3.31. The average Bonchev–Trinajstić information content (AvgIpc) is 3.51. The number of rotatable bonds is 5. The molecule has 3 aliphatic rings. The number of hydrogen-bond donors (Lipinski definition) is 1. The highest BCUT2D eigenvalue weighted by Gasteiger charge is 2.41. The second-order valence-corrected chi connectivity index (χ2v) is 8.17. The lowest BCUT2D eigenvalue weighted by Crippen LogP contribution is -2.48. The molecule has 1 aliphatic carbocycles. The van der Waals surface area contributed by atoms with Crippen molar-refractivity contribution in [1.82, 2.24) is 10.2 Å². The number of piperidine rings is 1. The SMILES string of the molecule is CN=C(NC1CC1c1ccccc1F)N1CCC(OCC2CCCCO2)CC1. The Bertz CT molecular complexity index is 670. The number of aliphatic imine (C=N–C) groups is 1. The van der Waals surface area contributed by atoms with Crippen molar-refractivity contribution in [3.63, 3.8) is 0 Å². The van der Waals surface area contributed by atoms with Gasteiger partial charge in [-0.2, -0.15) is 0 Å². The van der Waals surface area contributed by atoms with Gasteiger partial charge in [0.2, 0.25) is 0 Å². The number of halogens is 1. The number of ether oxygens (including phenoxy) is 2. The predicted molar refractivity (Wildman–Crippen MR) is 108 cm³/mol. The topological polar surface area (TPSA) is 46.1 Å². The Labute approximate surface area is 167 Å². The van der Waals surface area contributed by atoms with E-state index >= 15 is 0 Å². The van der Waals surface area contributed by atoms with Crippen LogP contribution in [0.4, 0.5) is 4.39 Å². The van der Waals surface area contributed by atoms with Gasteiger partial charge in [0.1, 0.15) is 5.82 Å². The fourth-order valence-corrected chi connectivity index (χ4v) is 4.35. The number of nitrogens with one attached hydrogen (secondary N) is 1. The Hall–Kier alpha value is -1.66. The van der Waals surface area contributed by atoms with Crippen molar-refractivity contribution in [3.8, 4) is 0 Å². The van der Waals surface area contributed by atoms with E-state index in [0.717, 1.165) is 63.5 Å². The Morgan fingerprint density at radius 3 is 2.79 bits per heavy atom. The molecular formula is C22H32FN3O2. The molecule has 3 fully saturated rings. The first-order valence-corrected chi connectivity index (χ1v) is 10.7. The molecule has 0 spiro atoms. The number of hydrogen-bond acceptors (Lipinski definition) is 3. The van der Waals surface area contributed by atoms with Crippen molar-refractivity contribution in [1.29, 1.82) is 0 Å². The van der Waals surface area contributed by atoms with Gasteiger partial charge in [-0.3, -0.25) is 4.99 Å². The summed E-state index contributed by atoms with van der Waals surface area (Å²) in [5.74, 6) is 1.07. The molecule has 28 heavy (non-hydrogen) atoms. The highest BCUT2D eigenvalue weighted by Crippen LogP contribution is 2.42. The van der Waals surface area contributed by atoms with Gasteiger partial charge in [0.15, 0.2) is 5.96 Å². The van der Waals surface area contributed by atoms with Gasteiger partial charge in [0.05, 0.1) is 18.8 Å². The van der Waals surface area contributed by atoms with Crippen molar-refractivity contribution in [2.45, 2.75) is 62.7 Å². The second kappa shape index (κ2) is 9.23. The Morgan fingerprint density at radius 2 is 2.07 bits per heavy atom. The van der Waals surface area contributed by atoms with Crippen molar-refractivity contribution < 1.29 is 13.9 Å². The van der Waals surface area contributed by atoms with Crippen LogP contribution in [0.25, 0.3) is 0 Å². The van der Waals surface area contributed by atoms with Crippen LogP contribution in [0, 0.1) is 5.82 Å². The molecule has 0 radical (unpaired) electrons. The highest BCUT2D eigenvalue weighted by molar-refractivity contribution is 5.80. The molecule has 0 aromatic heterocycles. The van der Waals surface area contributed by atoms with Crippen molar-refractivity contribution in [3.05, 3.63) is 35.6 Å². The molecule has 5 nitrogen and oxygen atoms in total. The Kier molecular flexibility index (Phi) is 6.47. The van der Waals surface area contributed by atoms with Gasteiger partial charge < -0.3 is 19.7 Å². The molecule has 3 unspecified atom stereocenters. The van der Waals surface area contributed by atoms with E-state index in [1.807, 2.05) is 19.2 Å². The third-order valence-corrected chi connectivity index (χ3v) is 6.15. The standard InChI is InChI=1S/C22H32FN3O2/c1-24-22(25-21-14-19(21)18-7-2-3-8-20(18)23)26-11-9-16(10-12-26)28-15-17-6-4-5-13-27-17/h2-3,7-8,16-17,19,21H,4-6,9-15H2,1H3,(H,24,25). The van der Waals surface area contributed by atoms with E-state index in [1.54, 1.807) is 12.1 Å². The molecule has 2 saturated heterocycles. The fraction of sp³-hybridized carbons (Fsp3) is 0.682. The lowest BCUT2D eigenvalue weighted by Gasteiger charge is -2.35. The van der Waals surface area contributed by atoms with Crippen LogP contribution in [0.5, 0.6) is 0 Å². The molecule has 0 bridgehead atoms. The first kappa shape index (κ1) is 19.6. The van der Waals surface area contributed by atoms with Gasteiger partial charge in [-0.25, -0.2) is 4.39 Å². The van der Waals surface area contributed by atoms with Crippen LogP contribution in [-0.4, -0.2) is 62.5 Å². The van der Waals surface area contributed by atoms with Crippen LogP contribution in [0.15, 0.2) is 29.3 Å². The fourth-order valence-electron chi connectivity index (χ4n) is 4.35. The number of likely N-dealkylation sites (tertiary alicyclic amines) is 1. The van der Waals surface area contributed by atoms with Crippen LogP contribution in [0.1, 0.15) is 50.0 Å². The van der Waals surface area contributed by atoms with Crippen molar-refractivity contribution in [2.24, 2.45) is 4.99 Å². The summed E-state index contributed by atoms with van der Waals surface area (Å²) in [7, 11) is 1.83. The average molecular weight is 390 g/mol. The van der Waals surface area contributed by atoms with E-state index < -0.39 is 0 Å². The summed E-state index contributed by atoms with van der Waals surface area (Å²) in [6, 6.07) is 7.36. The monoisotopic (exact) mass is 389 g/mol. The van der Waals surface area contributed by atoms with Crippen LogP contribution in [0.2, 0.25) is 0 Å². The Morgan fingerprint density at radius 1 is 1.25 bits per heavy atom. The molecule has 1 saturated carbocycles. The zero-order valence-electron chi connectivity index (χ0n) is 16.8. The second-order valence-electron chi connectivity index (χ2n) is 8.17. The van der Waals surface area contributed by atoms with Crippen molar-refractivity contribution >= 4 is 5.96 Å². The third kappa shape index (κ3) is 4.84. The first-order valence-electron chi connectivity index (χ1n) is 10.7. The van der Waals surface area contributed by atoms with Crippen molar-refractivity contribution in [2.75, 3.05) is 33.4 Å². The summed E-state index contributed by atoms with van der Waals surface area (Å²) in [6.45, 7) is 3.48. The highest BCUT2D eigenvalue weighted by atomic mass is 19.1. The van der Waals surface area contributed by atoms with Gasteiger partial charge in [0.25, 0.3) is 0 Å². The lowest BCUT2D eigenvalue weighted by molar-refractivity contribution is -0.0721. The van der Waals surface area contributed by atoms with Crippen LogP contribution in [-0.2, 0) is 9.47 Å². The maximum Gasteiger partial charge on any atom is 0.193 e. The molecule has 2 aliphatic heterocycles. The van der Waals surface area contributed by atoms with Gasteiger partial charge in [0, 0.05) is 38.7 Å². The molecule has 1 aromatic carbocycles. The van der Waals surface area contributed by atoms with E-state index in [-0.39, 0.29) is 23.9 Å². The number of benzene rings is 1. The largest absolute Gasteiger partial charge is 0.376 e. The summed E-state index contributed by atoms with van der Waals surface area (Å²) in [5.41, 5.74) is 0.812. The summed E-state index contributed by atoms with van der Waals surface area (Å²) in [4.78, 5) is 6.76. The van der Waals surface area contributed by atoms with E-state index in [4.69, 9.17) is 9.47 Å². The Balaban J connectivity index is 1.21. The van der Waals surface area contributed by atoms with E-state index in [1.165, 1.54) is 12.8 Å². The maximum absolute atomic E-state index is 14.0. The molecule has 0 amide bonds. The third-order valence-electron chi connectivity index (χ3n) is 6.15. The van der Waals surface area contributed by atoms with Gasteiger partial charge in [-0.15, -0.1) is 0 Å². The zero-order chi connectivity index (χ0) is 19.3. The van der Waals surface area contributed by atoms with Crippen LogP contribution in [0.3, 0.4) is 0 Å². The van der Waals surface area contributed by atoms with Gasteiger partial charge in [-0.1, -0.05) is 18.2 Å². The summed E-state index contributed by atoms with van der Waals surface area (Å²) >= 11 is 0. The number of nitrogens with zero attached hydrogens (tertiary/aromatic N) is 2. The molecule has 6 heteroatoms. The smallest absolute Gasteiger partial charge is 0.193 e. The lowest BCUT2D eigenvalue weighted by atomic mass is 10.1. The number of guanidine groups is 1. The summed E-state index contributed by atoms with van der Waals surface area (Å²) < 4.78 is 25.9. The molecule has 4 rings (SSSR count). The molecule has 2 heterocycles. The van der Waals surface area contributed by atoms with E-state index in [9.17, 15) is 4.39 Å². The van der Waals surface area contributed by atoms with Gasteiger partial charge >= 0.3 is 0 Å². The minimum atomic E-state index is -0.105. The summed E-state index contributed by atoms with van der Waals surface area (Å²) in [5, 5.41) is 3.53. The van der Waals surface area contributed by atoms with Gasteiger partial charge in [-0.05, 0) is 50.2 Å². The van der Waals surface area contributed by atoms with E-state index in [2.05, 4.69) is 15.2 Å². The molecular weight excluding hydrogens is 357 g/mol. The molecule has 3 atom stereocenters. The zero-order valence-corrected chi connectivity index (χ0v) is 16.8. The molecule has 154 valence electrons. The normalized spacial score (nSPS) is 29.0.